The van der Waals surface area contributed by atoms with Crippen LogP contribution in [0.25, 0.3) is 22.1 Å². The zero-order valence-corrected chi connectivity index (χ0v) is 21.0. The minimum absolute atomic E-state index is 0.211. The topological polar surface area (TPSA) is 98.2 Å². The molecule has 190 valence electrons. The molecule has 0 aliphatic heterocycles. The van der Waals surface area contributed by atoms with Crippen molar-refractivity contribution in [3.63, 3.8) is 0 Å². The number of nitrogens with one attached hydrogen (secondary N) is 1. The Bertz CT molecular complexity index is 1640. The van der Waals surface area contributed by atoms with Crippen LogP contribution < -0.4 is 11.1 Å². The molecule has 0 aliphatic rings. The Kier molecular flexibility index (Phi) is 6.51. The molecule has 5 aromatic rings. The molecule has 2 aromatic heterocycles. The number of benzene rings is 3. The van der Waals surface area contributed by atoms with Crippen LogP contribution in [0.15, 0.2) is 95.7 Å². The van der Waals surface area contributed by atoms with E-state index in [1.54, 1.807) is 36.7 Å². The van der Waals surface area contributed by atoms with Crippen LogP contribution in [0.1, 0.15) is 51.5 Å². The summed E-state index contributed by atoms with van der Waals surface area (Å²) < 4.78 is 19.3. The maximum Gasteiger partial charge on any atom is 0.252 e. The number of halogens is 1. The number of hydrogen-bond acceptors (Lipinski definition) is 4. The molecule has 0 fully saturated rings. The molecule has 38 heavy (non-hydrogen) atoms. The molecule has 2 heterocycles. The van der Waals surface area contributed by atoms with Gasteiger partial charge in [-0.2, -0.15) is 0 Å². The lowest BCUT2D eigenvalue weighted by Crippen LogP contribution is -2.41. The molecule has 5 rings (SSSR count). The number of primary amides is 1. The predicted octanol–water partition coefficient (Wildman–Crippen LogP) is 5.99. The highest BCUT2D eigenvalue weighted by molar-refractivity contribution is 6.07. The van der Waals surface area contributed by atoms with Crippen molar-refractivity contribution >= 4 is 22.8 Å². The van der Waals surface area contributed by atoms with E-state index in [0.29, 0.717) is 34.3 Å². The first-order valence-corrected chi connectivity index (χ1v) is 12.1. The fraction of sp³-hybridized carbons (Fsp3) is 0.129. The van der Waals surface area contributed by atoms with Crippen LogP contribution in [-0.2, 0) is 12.0 Å². The normalized spacial score (nSPS) is 11.4. The van der Waals surface area contributed by atoms with E-state index in [1.165, 1.54) is 12.1 Å². The molecule has 0 atom stereocenters. The minimum atomic E-state index is -0.607. The molecular formula is C31H26FN3O3. The van der Waals surface area contributed by atoms with Crippen molar-refractivity contribution in [3.05, 3.63) is 125 Å². The molecule has 0 saturated carbocycles. The maximum atomic E-state index is 13.3. The second kappa shape index (κ2) is 9.94. The fourth-order valence-electron chi connectivity index (χ4n) is 4.55. The molecule has 0 aliphatic carbocycles. The lowest BCUT2D eigenvalue weighted by atomic mass is 9.94. The third-order valence-electron chi connectivity index (χ3n) is 6.57. The average molecular weight is 508 g/mol. The maximum absolute atomic E-state index is 13.3. The third kappa shape index (κ3) is 5.04. The summed E-state index contributed by atoms with van der Waals surface area (Å²) >= 11 is 0. The smallest absolute Gasteiger partial charge is 0.252 e. The van der Waals surface area contributed by atoms with E-state index in [1.807, 2.05) is 56.3 Å². The molecule has 0 saturated heterocycles. The molecule has 3 N–H and O–H groups in total. The number of aromatic nitrogens is 1. The molecular weight excluding hydrogens is 481 g/mol. The molecule has 7 heteroatoms. The van der Waals surface area contributed by atoms with Gasteiger partial charge < -0.3 is 15.5 Å². The van der Waals surface area contributed by atoms with Crippen molar-refractivity contribution in [2.75, 3.05) is 0 Å². The standard InChI is InChI=1S/C31H26FN3O3/c1-31(2,23-12-14-34-15-13-23)35-30(37)22-5-3-4-20(17-22)21-8-11-26-25(18-21)28(29(33)36)27(38-26)16-19-6-9-24(32)10-7-19/h3-15,17-18H,16H2,1-2H3,(H2,33,36)(H,35,37). The van der Waals surface area contributed by atoms with Gasteiger partial charge >= 0.3 is 0 Å². The van der Waals surface area contributed by atoms with Gasteiger partial charge in [0.05, 0.1) is 11.1 Å². The summed E-state index contributed by atoms with van der Waals surface area (Å²) in [7, 11) is 0. The summed E-state index contributed by atoms with van der Waals surface area (Å²) in [5.41, 5.74) is 9.81. The summed E-state index contributed by atoms with van der Waals surface area (Å²) in [5, 5.41) is 3.67. The van der Waals surface area contributed by atoms with Crippen molar-refractivity contribution < 1.29 is 18.4 Å². The van der Waals surface area contributed by atoms with Crippen LogP contribution in [0.2, 0.25) is 0 Å². The first-order chi connectivity index (χ1) is 18.2. The van der Waals surface area contributed by atoms with Gasteiger partial charge in [-0.1, -0.05) is 30.3 Å². The monoisotopic (exact) mass is 507 g/mol. The van der Waals surface area contributed by atoms with E-state index in [9.17, 15) is 14.0 Å². The van der Waals surface area contributed by atoms with Gasteiger partial charge in [0.1, 0.15) is 17.2 Å². The summed E-state index contributed by atoms with van der Waals surface area (Å²) in [5.74, 6) is -0.736. The Morgan fingerprint density at radius 1 is 0.947 bits per heavy atom. The van der Waals surface area contributed by atoms with Gasteiger partial charge in [-0.25, -0.2) is 4.39 Å². The van der Waals surface area contributed by atoms with E-state index in [0.717, 1.165) is 22.3 Å². The molecule has 0 bridgehead atoms. The summed E-state index contributed by atoms with van der Waals surface area (Å²) in [6, 6.07) is 22.5. The number of furan rings is 1. The number of carbonyl (C=O) groups excluding carboxylic acids is 2. The number of nitrogens with two attached hydrogens (primary N) is 1. The molecule has 0 spiro atoms. The second-order valence-corrected chi connectivity index (χ2v) is 9.67. The van der Waals surface area contributed by atoms with Gasteiger partial charge in [0, 0.05) is 29.8 Å². The Labute approximate surface area is 219 Å². The summed E-state index contributed by atoms with van der Waals surface area (Å²) in [4.78, 5) is 29.6. The highest BCUT2D eigenvalue weighted by Crippen LogP contribution is 2.32. The zero-order valence-electron chi connectivity index (χ0n) is 21.0. The van der Waals surface area contributed by atoms with Crippen LogP contribution in [0.5, 0.6) is 0 Å². The van der Waals surface area contributed by atoms with E-state index in [2.05, 4.69) is 10.3 Å². The van der Waals surface area contributed by atoms with Crippen LogP contribution in [0.4, 0.5) is 4.39 Å². The van der Waals surface area contributed by atoms with Crippen LogP contribution in [0, 0.1) is 5.82 Å². The van der Waals surface area contributed by atoms with Gasteiger partial charge in [-0.3, -0.25) is 14.6 Å². The van der Waals surface area contributed by atoms with E-state index < -0.39 is 11.4 Å². The summed E-state index contributed by atoms with van der Waals surface area (Å²) in [6.45, 7) is 3.87. The van der Waals surface area contributed by atoms with Gasteiger partial charge in [0.15, 0.2) is 0 Å². The second-order valence-electron chi connectivity index (χ2n) is 9.67. The van der Waals surface area contributed by atoms with Crippen molar-refractivity contribution in [3.8, 4) is 11.1 Å². The van der Waals surface area contributed by atoms with Crippen molar-refractivity contribution in [1.29, 1.82) is 0 Å². The number of hydrogen-bond donors (Lipinski definition) is 2. The Balaban J connectivity index is 1.46. The number of rotatable bonds is 7. The first kappa shape index (κ1) is 24.9. The van der Waals surface area contributed by atoms with Gasteiger partial charge in [-0.15, -0.1) is 0 Å². The van der Waals surface area contributed by atoms with Crippen molar-refractivity contribution in [2.45, 2.75) is 25.8 Å². The molecule has 2 amide bonds. The Morgan fingerprint density at radius 3 is 2.37 bits per heavy atom. The highest BCUT2D eigenvalue weighted by atomic mass is 19.1. The lowest BCUT2D eigenvalue weighted by molar-refractivity contribution is 0.0911. The van der Waals surface area contributed by atoms with Crippen LogP contribution >= 0.6 is 0 Å². The average Bonchev–Trinajstić information content (AvgIpc) is 3.27. The summed E-state index contributed by atoms with van der Waals surface area (Å²) in [6.07, 6.45) is 3.69. The number of nitrogens with zero attached hydrogens (tertiary/aromatic N) is 1. The van der Waals surface area contributed by atoms with Gasteiger partial charge in [-0.05, 0) is 84.6 Å². The van der Waals surface area contributed by atoms with E-state index in [-0.39, 0.29) is 11.7 Å². The molecule has 0 unspecified atom stereocenters. The quantitative estimate of drug-likeness (QED) is 0.283. The van der Waals surface area contributed by atoms with Crippen molar-refractivity contribution in [2.24, 2.45) is 5.73 Å². The number of carbonyl (C=O) groups is 2. The number of pyridine rings is 1. The zero-order chi connectivity index (χ0) is 26.9. The minimum Gasteiger partial charge on any atom is -0.460 e. The first-order valence-electron chi connectivity index (χ1n) is 12.1. The Morgan fingerprint density at radius 2 is 1.66 bits per heavy atom. The number of amides is 2. The molecule has 6 nitrogen and oxygen atoms in total. The Hall–Kier alpha value is -4.78. The fourth-order valence-corrected chi connectivity index (χ4v) is 4.55. The largest absolute Gasteiger partial charge is 0.460 e. The van der Waals surface area contributed by atoms with Gasteiger partial charge in [0.25, 0.3) is 11.8 Å². The SMILES string of the molecule is CC(C)(NC(=O)c1cccc(-c2ccc3oc(Cc4ccc(F)cc4)c(C(N)=O)c3c2)c1)c1ccncc1. The molecule has 3 aromatic carbocycles. The van der Waals surface area contributed by atoms with Crippen molar-refractivity contribution in [1.82, 2.24) is 10.3 Å². The van der Waals surface area contributed by atoms with E-state index >= 15 is 0 Å². The predicted molar refractivity (Wildman–Crippen MR) is 144 cm³/mol. The van der Waals surface area contributed by atoms with E-state index in [4.69, 9.17) is 10.2 Å². The van der Waals surface area contributed by atoms with Crippen LogP contribution in [-0.4, -0.2) is 16.8 Å². The lowest BCUT2D eigenvalue weighted by Gasteiger charge is -2.27. The molecule has 0 radical (unpaired) electrons. The number of fused-ring (bicyclic) bond motifs is 1. The third-order valence-corrected chi connectivity index (χ3v) is 6.57. The van der Waals surface area contributed by atoms with Crippen LogP contribution in [0.3, 0.4) is 0 Å². The highest BCUT2D eigenvalue weighted by Gasteiger charge is 2.24. The van der Waals surface area contributed by atoms with Gasteiger partial charge in [0.2, 0.25) is 0 Å².